The summed E-state index contributed by atoms with van der Waals surface area (Å²) in [4.78, 5) is 4.30. The van der Waals surface area contributed by atoms with Gasteiger partial charge in [0.1, 0.15) is 11.3 Å². The number of pyridine rings is 1. The van der Waals surface area contributed by atoms with E-state index in [9.17, 15) is 4.39 Å². The third-order valence-corrected chi connectivity index (χ3v) is 3.00. The molecule has 2 aromatic carbocycles. The van der Waals surface area contributed by atoms with Gasteiger partial charge < -0.3 is 4.74 Å². The first-order valence-corrected chi connectivity index (χ1v) is 6.47. The van der Waals surface area contributed by atoms with Crippen LogP contribution in [-0.4, -0.2) is 12.8 Å². The molecule has 0 fully saturated rings. The van der Waals surface area contributed by atoms with Gasteiger partial charge in [-0.1, -0.05) is 30.3 Å². The quantitative estimate of drug-likeness (QED) is 0.534. The largest absolute Gasteiger partial charge is 0.471 e. The van der Waals surface area contributed by atoms with Crippen molar-refractivity contribution in [1.29, 1.82) is 0 Å². The number of aromatic nitrogens is 1. The Morgan fingerprint density at radius 3 is 2.62 bits per heavy atom. The van der Waals surface area contributed by atoms with Crippen molar-refractivity contribution in [2.45, 2.75) is 0 Å². The second-order valence-electron chi connectivity index (χ2n) is 4.53. The Morgan fingerprint density at radius 1 is 1.05 bits per heavy atom. The van der Waals surface area contributed by atoms with E-state index in [1.165, 1.54) is 12.1 Å². The Hall–Kier alpha value is -2.62. The summed E-state index contributed by atoms with van der Waals surface area (Å²) in [6.45, 7) is 0. The lowest BCUT2D eigenvalue weighted by Gasteiger charge is -2.09. The van der Waals surface area contributed by atoms with E-state index >= 15 is 0 Å². The van der Waals surface area contributed by atoms with E-state index in [0.29, 0.717) is 5.75 Å². The molecule has 21 heavy (non-hydrogen) atoms. The van der Waals surface area contributed by atoms with Crippen molar-refractivity contribution >= 4 is 24.8 Å². The van der Waals surface area contributed by atoms with Gasteiger partial charge in [-0.15, -0.1) is 0 Å². The zero-order chi connectivity index (χ0) is 14.7. The maximum absolute atomic E-state index is 12.9. The average molecular weight is 275 g/mol. The van der Waals surface area contributed by atoms with Crippen molar-refractivity contribution in [3.05, 3.63) is 77.8 Å². The van der Waals surface area contributed by atoms with Crippen LogP contribution in [0.1, 0.15) is 5.56 Å². The molecule has 2 radical (unpaired) electrons. The standard InChI is InChI=1S/C17H11BFNO/c18-16(11-12-6-8-14(19)9-7-12)21-15-5-1-3-13-4-2-10-20-17(13)15/h1-11H. The molecule has 0 aliphatic heterocycles. The average Bonchev–Trinajstić information content (AvgIpc) is 2.50. The van der Waals surface area contributed by atoms with Gasteiger partial charge in [0, 0.05) is 17.2 Å². The minimum atomic E-state index is -0.287. The molecule has 1 heterocycles. The molecule has 0 amide bonds. The number of para-hydroxylation sites is 1. The molecule has 100 valence electrons. The number of fused-ring (bicyclic) bond motifs is 1. The molecule has 0 aliphatic rings. The molecular formula is C17H11BFNO. The van der Waals surface area contributed by atoms with Crippen molar-refractivity contribution in [2.75, 3.05) is 0 Å². The smallest absolute Gasteiger partial charge is 0.167 e. The predicted octanol–water partition coefficient (Wildman–Crippen LogP) is 3.92. The van der Waals surface area contributed by atoms with E-state index < -0.39 is 0 Å². The van der Waals surface area contributed by atoms with E-state index in [0.717, 1.165) is 16.5 Å². The number of hydrogen-bond donors (Lipinski definition) is 0. The van der Waals surface area contributed by atoms with Crippen LogP contribution in [0.5, 0.6) is 5.75 Å². The zero-order valence-corrected chi connectivity index (χ0v) is 11.2. The van der Waals surface area contributed by atoms with Gasteiger partial charge in [-0.05, 0) is 35.9 Å². The van der Waals surface area contributed by atoms with Crippen molar-refractivity contribution in [3.63, 3.8) is 0 Å². The second-order valence-corrected chi connectivity index (χ2v) is 4.53. The molecule has 0 bridgehead atoms. The molecule has 0 spiro atoms. The molecule has 4 heteroatoms. The number of nitrogens with zero attached hydrogens (tertiary/aromatic N) is 1. The highest BCUT2D eigenvalue weighted by Gasteiger charge is 2.03. The fraction of sp³-hybridized carbons (Fsp3) is 0. The second kappa shape index (κ2) is 5.79. The topological polar surface area (TPSA) is 22.1 Å². The van der Waals surface area contributed by atoms with Gasteiger partial charge in [0.2, 0.25) is 0 Å². The minimum absolute atomic E-state index is 0.222. The third-order valence-electron chi connectivity index (χ3n) is 3.00. The van der Waals surface area contributed by atoms with Crippen molar-refractivity contribution in [1.82, 2.24) is 4.98 Å². The summed E-state index contributed by atoms with van der Waals surface area (Å²) in [5.41, 5.74) is 1.73. The highest BCUT2D eigenvalue weighted by molar-refractivity contribution is 6.22. The first kappa shape index (κ1) is 13.4. The first-order chi connectivity index (χ1) is 10.2. The minimum Gasteiger partial charge on any atom is -0.471 e. The molecule has 0 unspecified atom stereocenters. The molecule has 2 nitrogen and oxygen atoms in total. The van der Waals surface area contributed by atoms with Crippen LogP contribution in [0.3, 0.4) is 0 Å². The van der Waals surface area contributed by atoms with Crippen LogP contribution < -0.4 is 4.74 Å². The van der Waals surface area contributed by atoms with Crippen LogP contribution in [-0.2, 0) is 0 Å². The van der Waals surface area contributed by atoms with Gasteiger partial charge in [0.15, 0.2) is 13.6 Å². The van der Waals surface area contributed by atoms with Crippen LogP contribution in [0.2, 0.25) is 0 Å². The summed E-state index contributed by atoms with van der Waals surface area (Å²) in [5.74, 6) is 0.300. The highest BCUT2D eigenvalue weighted by Crippen LogP contribution is 2.24. The Kier molecular flexibility index (Phi) is 3.69. The Bertz CT molecular complexity index is 794. The lowest BCUT2D eigenvalue weighted by Crippen LogP contribution is -1.96. The Labute approximate surface area is 123 Å². The fourth-order valence-corrected chi connectivity index (χ4v) is 2.04. The first-order valence-electron chi connectivity index (χ1n) is 6.47. The Balaban J connectivity index is 1.89. The number of ether oxygens (including phenoxy) is 1. The van der Waals surface area contributed by atoms with Crippen LogP contribution in [0.15, 0.2) is 66.5 Å². The van der Waals surface area contributed by atoms with Crippen molar-refractivity contribution in [2.24, 2.45) is 0 Å². The molecular weight excluding hydrogens is 264 g/mol. The molecule has 0 saturated carbocycles. The normalized spacial score (nSPS) is 11.6. The summed E-state index contributed by atoms with van der Waals surface area (Å²) in [5, 5.41) is 0.976. The molecule has 0 N–H and O–H groups in total. The van der Waals surface area contributed by atoms with Gasteiger partial charge in [-0.2, -0.15) is 0 Å². The highest BCUT2D eigenvalue weighted by atomic mass is 19.1. The number of rotatable bonds is 3. The lowest BCUT2D eigenvalue weighted by molar-refractivity contribution is 0.471. The maximum atomic E-state index is 12.9. The molecule has 3 rings (SSSR count). The molecule has 0 aliphatic carbocycles. The van der Waals surface area contributed by atoms with Crippen LogP contribution >= 0.6 is 0 Å². The SMILES string of the molecule is [B]C(=Cc1ccc(F)cc1)Oc1cccc2cccnc12. The third kappa shape index (κ3) is 3.11. The van der Waals surface area contributed by atoms with E-state index in [1.54, 1.807) is 30.5 Å². The summed E-state index contributed by atoms with van der Waals surface area (Å²) in [6.07, 6.45) is 3.34. The summed E-state index contributed by atoms with van der Waals surface area (Å²) < 4.78 is 18.5. The van der Waals surface area contributed by atoms with E-state index in [2.05, 4.69) is 4.98 Å². The van der Waals surface area contributed by atoms with Crippen molar-refractivity contribution < 1.29 is 9.13 Å². The zero-order valence-electron chi connectivity index (χ0n) is 11.2. The summed E-state index contributed by atoms with van der Waals surface area (Å²) in [7, 11) is 5.88. The summed E-state index contributed by atoms with van der Waals surface area (Å²) in [6, 6.07) is 15.5. The van der Waals surface area contributed by atoms with Crippen LogP contribution in [0, 0.1) is 5.82 Å². The van der Waals surface area contributed by atoms with Crippen LogP contribution in [0.25, 0.3) is 17.0 Å². The number of hydrogen-bond acceptors (Lipinski definition) is 2. The van der Waals surface area contributed by atoms with Crippen LogP contribution in [0.4, 0.5) is 4.39 Å². The van der Waals surface area contributed by atoms with E-state index in [4.69, 9.17) is 12.6 Å². The Morgan fingerprint density at radius 2 is 1.81 bits per heavy atom. The maximum Gasteiger partial charge on any atom is 0.167 e. The molecule has 3 aromatic rings. The van der Waals surface area contributed by atoms with Gasteiger partial charge >= 0.3 is 0 Å². The number of halogens is 1. The van der Waals surface area contributed by atoms with Gasteiger partial charge in [-0.25, -0.2) is 4.39 Å². The fourth-order valence-electron chi connectivity index (χ4n) is 2.04. The molecule has 1 aromatic heterocycles. The van der Waals surface area contributed by atoms with Gasteiger partial charge in [0.25, 0.3) is 0 Å². The van der Waals surface area contributed by atoms with E-state index in [1.807, 2.05) is 24.3 Å². The lowest BCUT2D eigenvalue weighted by atomic mass is 10.0. The summed E-state index contributed by atoms with van der Waals surface area (Å²) >= 11 is 0. The molecule has 0 atom stereocenters. The van der Waals surface area contributed by atoms with E-state index in [-0.39, 0.29) is 11.5 Å². The monoisotopic (exact) mass is 275 g/mol. The molecule has 0 saturated heterocycles. The number of benzene rings is 2. The predicted molar refractivity (Wildman–Crippen MR) is 82.5 cm³/mol. The van der Waals surface area contributed by atoms with Gasteiger partial charge in [0.05, 0.1) is 0 Å². The van der Waals surface area contributed by atoms with Crippen molar-refractivity contribution in [3.8, 4) is 5.75 Å². The van der Waals surface area contributed by atoms with Gasteiger partial charge in [-0.3, -0.25) is 4.98 Å².